The van der Waals surface area contributed by atoms with Crippen molar-refractivity contribution in [2.45, 2.75) is 13.0 Å². The molecule has 1 rings (SSSR count). The molecule has 1 unspecified atom stereocenters. The smallest absolute Gasteiger partial charge is 0.124 e. The molecule has 0 fully saturated rings. The van der Waals surface area contributed by atoms with Crippen molar-refractivity contribution in [1.29, 1.82) is 0 Å². The first-order chi connectivity index (χ1) is 6.63. The number of rotatable bonds is 4. The lowest BCUT2D eigenvalue weighted by molar-refractivity contribution is 0.0418. The molecule has 0 aliphatic rings. The zero-order valence-corrected chi connectivity index (χ0v) is 9.42. The standard InChI is InChI=1S/C10H12BrFO2/c1-2-14-6-10(13)7-3-8(11)5-9(12)4-7/h3-5,10,13H,2,6H2,1H3. The van der Waals surface area contributed by atoms with Crippen LogP contribution in [-0.2, 0) is 4.74 Å². The molecular weight excluding hydrogens is 251 g/mol. The summed E-state index contributed by atoms with van der Waals surface area (Å²) >= 11 is 3.16. The van der Waals surface area contributed by atoms with Gasteiger partial charge in [0.2, 0.25) is 0 Å². The van der Waals surface area contributed by atoms with E-state index in [1.54, 1.807) is 6.07 Å². The van der Waals surface area contributed by atoms with Gasteiger partial charge < -0.3 is 9.84 Å². The van der Waals surface area contributed by atoms with Crippen LogP contribution in [0.5, 0.6) is 0 Å². The van der Waals surface area contributed by atoms with Crippen LogP contribution in [0.25, 0.3) is 0 Å². The highest BCUT2D eigenvalue weighted by Crippen LogP contribution is 2.20. The minimum absolute atomic E-state index is 0.187. The van der Waals surface area contributed by atoms with Gasteiger partial charge in [-0.1, -0.05) is 15.9 Å². The third kappa shape index (κ3) is 3.36. The van der Waals surface area contributed by atoms with E-state index in [0.29, 0.717) is 16.6 Å². The largest absolute Gasteiger partial charge is 0.386 e. The Labute approximate surface area is 90.8 Å². The maximum absolute atomic E-state index is 12.9. The van der Waals surface area contributed by atoms with Gasteiger partial charge in [0.15, 0.2) is 0 Å². The Balaban J connectivity index is 2.73. The second-order valence-corrected chi connectivity index (χ2v) is 3.79. The van der Waals surface area contributed by atoms with Crippen LogP contribution in [0.4, 0.5) is 4.39 Å². The molecule has 0 aliphatic heterocycles. The van der Waals surface area contributed by atoms with E-state index in [2.05, 4.69) is 15.9 Å². The Morgan fingerprint density at radius 3 is 2.79 bits per heavy atom. The molecule has 2 nitrogen and oxygen atoms in total. The molecule has 1 aromatic rings. The molecule has 0 aliphatic carbocycles. The number of benzene rings is 1. The summed E-state index contributed by atoms with van der Waals surface area (Å²) in [7, 11) is 0. The van der Waals surface area contributed by atoms with Gasteiger partial charge in [-0.2, -0.15) is 0 Å². The van der Waals surface area contributed by atoms with Crippen LogP contribution in [0.15, 0.2) is 22.7 Å². The highest BCUT2D eigenvalue weighted by molar-refractivity contribution is 9.10. The van der Waals surface area contributed by atoms with Crippen molar-refractivity contribution in [3.05, 3.63) is 34.1 Å². The van der Waals surface area contributed by atoms with Gasteiger partial charge in [0.05, 0.1) is 6.61 Å². The minimum Gasteiger partial charge on any atom is -0.386 e. The SMILES string of the molecule is CCOCC(O)c1cc(F)cc(Br)c1. The third-order valence-electron chi connectivity index (χ3n) is 1.75. The van der Waals surface area contributed by atoms with Crippen molar-refractivity contribution in [2.24, 2.45) is 0 Å². The summed E-state index contributed by atoms with van der Waals surface area (Å²) in [4.78, 5) is 0. The van der Waals surface area contributed by atoms with E-state index in [9.17, 15) is 9.50 Å². The maximum Gasteiger partial charge on any atom is 0.124 e. The Morgan fingerprint density at radius 1 is 1.50 bits per heavy atom. The van der Waals surface area contributed by atoms with Crippen molar-refractivity contribution < 1.29 is 14.2 Å². The minimum atomic E-state index is -0.776. The van der Waals surface area contributed by atoms with E-state index in [4.69, 9.17) is 4.74 Å². The van der Waals surface area contributed by atoms with E-state index in [1.165, 1.54) is 12.1 Å². The number of hydrogen-bond donors (Lipinski definition) is 1. The van der Waals surface area contributed by atoms with Gasteiger partial charge in [0.25, 0.3) is 0 Å². The lowest BCUT2D eigenvalue weighted by atomic mass is 10.1. The summed E-state index contributed by atoms with van der Waals surface area (Å²) in [5.41, 5.74) is 0.519. The number of aliphatic hydroxyl groups is 1. The van der Waals surface area contributed by atoms with Crippen molar-refractivity contribution >= 4 is 15.9 Å². The quantitative estimate of drug-likeness (QED) is 0.904. The zero-order valence-electron chi connectivity index (χ0n) is 7.84. The molecule has 0 spiro atoms. The van der Waals surface area contributed by atoms with Crippen LogP contribution in [0, 0.1) is 5.82 Å². The molecule has 0 bridgehead atoms. The molecule has 0 heterocycles. The Morgan fingerprint density at radius 2 is 2.21 bits per heavy atom. The summed E-state index contributed by atoms with van der Waals surface area (Å²) in [5, 5.41) is 9.59. The first-order valence-corrected chi connectivity index (χ1v) is 5.14. The van der Waals surface area contributed by atoms with Crippen molar-refractivity contribution in [3.63, 3.8) is 0 Å². The van der Waals surface area contributed by atoms with Gasteiger partial charge in [-0.05, 0) is 30.7 Å². The van der Waals surface area contributed by atoms with Crippen LogP contribution in [-0.4, -0.2) is 18.3 Å². The molecule has 1 aromatic carbocycles. The van der Waals surface area contributed by atoms with E-state index in [1.807, 2.05) is 6.92 Å². The first-order valence-electron chi connectivity index (χ1n) is 4.35. The molecule has 0 radical (unpaired) electrons. The van der Waals surface area contributed by atoms with E-state index in [-0.39, 0.29) is 12.4 Å². The predicted molar refractivity (Wildman–Crippen MR) is 55.6 cm³/mol. The van der Waals surface area contributed by atoms with Crippen molar-refractivity contribution in [3.8, 4) is 0 Å². The summed E-state index contributed by atoms with van der Waals surface area (Å²) < 4.78 is 18.6. The molecule has 0 saturated carbocycles. The fourth-order valence-electron chi connectivity index (χ4n) is 1.09. The van der Waals surface area contributed by atoms with E-state index >= 15 is 0 Å². The van der Waals surface area contributed by atoms with Crippen LogP contribution in [0.1, 0.15) is 18.6 Å². The fourth-order valence-corrected chi connectivity index (χ4v) is 1.58. The Bertz CT molecular complexity index is 284. The van der Waals surface area contributed by atoms with Gasteiger partial charge in [-0.15, -0.1) is 0 Å². The Hall–Kier alpha value is -0.450. The van der Waals surface area contributed by atoms with Crippen molar-refractivity contribution in [1.82, 2.24) is 0 Å². The molecule has 1 N–H and O–H groups in total. The normalized spacial score (nSPS) is 12.9. The summed E-state index contributed by atoms with van der Waals surface area (Å²) in [6.07, 6.45) is -0.776. The van der Waals surface area contributed by atoms with E-state index < -0.39 is 6.10 Å². The Kier molecular flexibility index (Phi) is 4.51. The average molecular weight is 263 g/mol. The van der Waals surface area contributed by atoms with Gasteiger partial charge in [-0.25, -0.2) is 4.39 Å². The van der Waals surface area contributed by atoms with Gasteiger partial charge in [-0.3, -0.25) is 0 Å². The topological polar surface area (TPSA) is 29.5 Å². The zero-order chi connectivity index (χ0) is 10.6. The lowest BCUT2D eigenvalue weighted by Gasteiger charge is -2.11. The molecule has 0 amide bonds. The molecule has 78 valence electrons. The summed E-state index contributed by atoms with van der Waals surface area (Å²) in [5.74, 6) is -0.370. The molecule has 1 atom stereocenters. The summed E-state index contributed by atoms with van der Waals surface area (Å²) in [6.45, 7) is 2.56. The third-order valence-corrected chi connectivity index (χ3v) is 2.21. The number of halogens is 2. The van der Waals surface area contributed by atoms with Gasteiger partial charge in [0.1, 0.15) is 11.9 Å². The summed E-state index contributed by atoms with van der Waals surface area (Å²) in [6, 6.07) is 4.32. The average Bonchev–Trinajstić information content (AvgIpc) is 2.12. The van der Waals surface area contributed by atoms with E-state index in [0.717, 1.165) is 0 Å². The van der Waals surface area contributed by atoms with Crippen LogP contribution in [0.2, 0.25) is 0 Å². The molecule has 14 heavy (non-hydrogen) atoms. The highest BCUT2D eigenvalue weighted by Gasteiger charge is 2.09. The van der Waals surface area contributed by atoms with Crippen LogP contribution < -0.4 is 0 Å². The van der Waals surface area contributed by atoms with Crippen LogP contribution >= 0.6 is 15.9 Å². The van der Waals surface area contributed by atoms with Gasteiger partial charge in [0, 0.05) is 11.1 Å². The van der Waals surface area contributed by atoms with Crippen molar-refractivity contribution in [2.75, 3.05) is 13.2 Å². The maximum atomic E-state index is 12.9. The monoisotopic (exact) mass is 262 g/mol. The number of ether oxygens (including phenoxy) is 1. The second kappa shape index (κ2) is 5.44. The number of hydrogen-bond acceptors (Lipinski definition) is 2. The molecule has 0 saturated heterocycles. The molecule has 0 aromatic heterocycles. The fraction of sp³-hybridized carbons (Fsp3) is 0.400. The van der Waals surface area contributed by atoms with Crippen LogP contribution in [0.3, 0.4) is 0 Å². The highest BCUT2D eigenvalue weighted by atomic mass is 79.9. The second-order valence-electron chi connectivity index (χ2n) is 2.88. The first kappa shape index (κ1) is 11.6. The molecular formula is C10H12BrFO2. The number of aliphatic hydroxyl groups excluding tert-OH is 1. The predicted octanol–water partition coefficient (Wildman–Crippen LogP) is 2.66. The lowest BCUT2D eigenvalue weighted by Crippen LogP contribution is -2.07. The molecule has 4 heteroatoms. The van der Waals surface area contributed by atoms with Gasteiger partial charge >= 0.3 is 0 Å².